The molecule has 0 amide bonds. The molecule has 1 N–H and O–H groups in total. The molecule has 1 aliphatic carbocycles. The number of rotatable bonds is 5. The van der Waals surface area contributed by atoms with Crippen LogP contribution in [0.2, 0.25) is 5.15 Å². The van der Waals surface area contributed by atoms with Crippen molar-refractivity contribution in [2.24, 2.45) is 0 Å². The van der Waals surface area contributed by atoms with Gasteiger partial charge < -0.3 is 5.32 Å². The average Bonchev–Trinajstić information content (AvgIpc) is 3.08. The Balaban J connectivity index is 1.61. The lowest BCUT2D eigenvalue weighted by Gasteiger charge is -2.07. The summed E-state index contributed by atoms with van der Waals surface area (Å²) in [6.45, 7) is 1.56. The second kappa shape index (κ2) is 4.94. The van der Waals surface area contributed by atoms with E-state index in [4.69, 9.17) is 11.6 Å². The van der Waals surface area contributed by atoms with Crippen molar-refractivity contribution in [3.05, 3.63) is 35.5 Å². The van der Waals surface area contributed by atoms with Crippen LogP contribution in [0.1, 0.15) is 24.6 Å². The molecule has 3 rings (SSSR count). The largest absolute Gasteiger partial charge is 0.368 e. The fourth-order valence-corrected chi connectivity index (χ4v) is 1.97. The van der Waals surface area contributed by atoms with E-state index in [9.17, 15) is 0 Å². The summed E-state index contributed by atoms with van der Waals surface area (Å²) in [5.41, 5.74) is 0. The number of nitrogens with zero attached hydrogens (tertiary/aromatic N) is 4. The highest BCUT2D eigenvalue weighted by molar-refractivity contribution is 6.29. The van der Waals surface area contributed by atoms with E-state index in [0.717, 1.165) is 24.7 Å². The summed E-state index contributed by atoms with van der Waals surface area (Å²) in [5, 5.41) is 7.90. The van der Waals surface area contributed by atoms with Gasteiger partial charge in [-0.05, 0) is 18.9 Å². The number of hydrogen-bond donors (Lipinski definition) is 1. The van der Waals surface area contributed by atoms with Crippen LogP contribution in [0.3, 0.4) is 0 Å². The first-order chi connectivity index (χ1) is 8.81. The smallest absolute Gasteiger partial charge is 0.135 e. The first-order valence-electron chi connectivity index (χ1n) is 6.07. The molecule has 1 aliphatic rings. The third kappa shape index (κ3) is 2.79. The summed E-state index contributed by atoms with van der Waals surface area (Å²) in [4.78, 5) is 8.73. The zero-order chi connectivity index (χ0) is 12.4. The highest BCUT2D eigenvalue weighted by atomic mass is 35.5. The summed E-state index contributed by atoms with van der Waals surface area (Å²) in [6, 6.07) is 3.67. The molecule has 2 aromatic heterocycles. The van der Waals surface area contributed by atoms with Crippen molar-refractivity contribution in [3.63, 3.8) is 0 Å². The minimum atomic E-state index is 0.508. The van der Waals surface area contributed by atoms with Crippen LogP contribution in [0.5, 0.6) is 0 Å². The summed E-state index contributed by atoms with van der Waals surface area (Å²) in [5.74, 6) is 2.17. The van der Waals surface area contributed by atoms with E-state index in [1.54, 1.807) is 12.3 Å². The summed E-state index contributed by atoms with van der Waals surface area (Å²) >= 11 is 5.99. The van der Waals surface area contributed by atoms with E-state index in [1.165, 1.54) is 12.8 Å². The minimum Gasteiger partial charge on any atom is -0.368 e. The van der Waals surface area contributed by atoms with Gasteiger partial charge in [0.2, 0.25) is 0 Å². The van der Waals surface area contributed by atoms with Gasteiger partial charge >= 0.3 is 0 Å². The standard InChI is InChI=1S/C12H14ClN5/c13-10-8-11(17-12(16-10)9-2-3-9)14-5-7-18-6-1-4-15-18/h1,4,6,8-9H,2-3,5,7H2,(H,14,16,17). The molecule has 0 bridgehead atoms. The van der Waals surface area contributed by atoms with Crippen molar-refractivity contribution >= 4 is 17.4 Å². The minimum absolute atomic E-state index is 0.508. The molecule has 0 saturated heterocycles. The molecule has 0 atom stereocenters. The van der Waals surface area contributed by atoms with Crippen LogP contribution in [0, 0.1) is 0 Å². The van der Waals surface area contributed by atoms with Crippen LogP contribution in [0.25, 0.3) is 0 Å². The molecule has 94 valence electrons. The predicted molar refractivity (Wildman–Crippen MR) is 69.7 cm³/mol. The molecule has 0 unspecified atom stereocenters. The molecule has 0 aliphatic heterocycles. The van der Waals surface area contributed by atoms with Gasteiger partial charge in [0.1, 0.15) is 16.8 Å². The highest BCUT2D eigenvalue weighted by Crippen LogP contribution is 2.38. The summed E-state index contributed by atoms with van der Waals surface area (Å²) in [6.07, 6.45) is 6.05. The number of aromatic nitrogens is 4. The first kappa shape index (κ1) is 11.5. The molecule has 2 heterocycles. The van der Waals surface area contributed by atoms with E-state index in [1.807, 2.05) is 16.9 Å². The van der Waals surface area contributed by atoms with Gasteiger partial charge in [0, 0.05) is 30.9 Å². The Morgan fingerprint density at radius 1 is 1.39 bits per heavy atom. The van der Waals surface area contributed by atoms with E-state index >= 15 is 0 Å². The molecule has 18 heavy (non-hydrogen) atoms. The predicted octanol–water partition coefficient (Wildman–Crippen LogP) is 2.32. The molecule has 5 nitrogen and oxygen atoms in total. The third-order valence-corrected chi connectivity index (χ3v) is 3.05. The zero-order valence-corrected chi connectivity index (χ0v) is 10.6. The van der Waals surface area contributed by atoms with E-state index < -0.39 is 0 Å². The van der Waals surface area contributed by atoms with Crippen molar-refractivity contribution in [1.82, 2.24) is 19.7 Å². The lowest BCUT2D eigenvalue weighted by molar-refractivity contribution is 0.636. The summed E-state index contributed by atoms with van der Waals surface area (Å²) in [7, 11) is 0. The third-order valence-electron chi connectivity index (χ3n) is 2.86. The molecular formula is C12H14ClN5. The van der Waals surface area contributed by atoms with Gasteiger partial charge in [0.15, 0.2) is 0 Å². The van der Waals surface area contributed by atoms with Crippen molar-refractivity contribution in [2.75, 3.05) is 11.9 Å². The molecular weight excluding hydrogens is 250 g/mol. The van der Waals surface area contributed by atoms with Crippen molar-refractivity contribution in [3.8, 4) is 0 Å². The van der Waals surface area contributed by atoms with Gasteiger partial charge in [0.05, 0.1) is 6.54 Å². The van der Waals surface area contributed by atoms with Crippen LogP contribution in [-0.4, -0.2) is 26.3 Å². The van der Waals surface area contributed by atoms with E-state index in [-0.39, 0.29) is 0 Å². The number of nitrogens with one attached hydrogen (secondary N) is 1. The molecule has 0 spiro atoms. The Morgan fingerprint density at radius 2 is 2.28 bits per heavy atom. The lowest BCUT2D eigenvalue weighted by Crippen LogP contribution is -2.12. The monoisotopic (exact) mass is 263 g/mol. The maximum atomic E-state index is 5.99. The van der Waals surface area contributed by atoms with Gasteiger partial charge in [-0.25, -0.2) is 9.97 Å². The lowest BCUT2D eigenvalue weighted by atomic mass is 10.4. The maximum absolute atomic E-state index is 5.99. The Labute approximate surface area is 110 Å². The quantitative estimate of drug-likeness (QED) is 0.841. The van der Waals surface area contributed by atoms with Crippen LogP contribution >= 0.6 is 11.6 Å². The van der Waals surface area contributed by atoms with Crippen molar-refractivity contribution in [1.29, 1.82) is 0 Å². The highest BCUT2D eigenvalue weighted by Gasteiger charge is 2.27. The number of halogens is 1. The van der Waals surface area contributed by atoms with Gasteiger partial charge in [-0.2, -0.15) is 5.10 Å². The topological polar surface area (TPSA) is 55.6 Å². The van der Waals surface area contributed by atoms with Crippen LogP contribution in [-0.2, 0) is 6.54 Å². The Bertz CT molecular complexity index is 521. The molecule has 0 aromatic carbocycles. The Morgan fingerprint density at radius 3 is 3.00 bits per heavy atom. The zero-order valence-electron chi connectivity index (χ0n) is 9.88. The Kier molecular flexibility index (Phi) is 3.15. The van der Waals surface area contributed by atoms with Gasteiger partial charge in [-0.3, -0.25) is 4.68 Å². The summed E-state index contributed by atoms with van der Waals surface area (Å²) < 4.78 is 1.87. The van der Waals surface area contributed by atoms with Crippen molar-refractivity contribution < 1.29 is 0 Å². The fourth-order valence-electron chi connectivity index (χ4n) is 1.78. The maximum Gasteiger partial charge on any atom is 0.135 e. The Hall–Kier alpha value is -1.62. The molecule has 0 radical (unpaired) electrons. The molecule has 1 fully saturated rings. The average molecular weight is 264 g/mol. The number of hydrogen-bond acceptors (Lipinski definition) is 4. The second-order valence-electron chi connectivity index (χ2n) is 4.40. The van der Waals surface area contributed by atoms with Gasteiger partial charge in [-0.1, -0.05) is 11.6 Å². The molecule has 6 heteroatoms. The number of anilines is 1. The van der Waals surface area contributed by atoms with E-state index in [2.05, 4.69) is 20.4 Å². The molecule has 2 aromatic rings. The van der Waals surface area contributed by atoms with Gasteiger partial charge in [-0.15, -0.1) is 0 Å². The normalized spacial score (nSPS) is 14.7. The van der Waals surface area contributed by atoms with Crippen LogP contribution < -0.4 is 5.32 Å². The van der Waals surface area contributed by atoms with Crippen LogP contribution in [0.4, 0.5) is 5.82 Å². The fraction of sp³-hybridized carbons (Fsp3) is 0.417. The van der Waals surface area contributed by atoms with Gasteiger partial charge in [0.25, 0.3) is 0 Å². The van der Waals surface area contributed by atoms with Crippen molar-refractivity contribution in [2.45, 2.75) is 25.3 Å². The SMILES string of the molecule is Clc1cc(NCCn2cccn2)nc(C2CC2)n1. The first-order valence-corrected chi connectivity index (χ1v) is 6.45. The van der Waals surface area contributed by atoms with Crippen LogP contribution in [0.15, 0.2) is 24.5 Å². The molecule has 1 saturated carbocycles. The second-order valence-corrected chi connectivity index (χ2v) is 4.79. The van der Waals surface area contributed by atoms with E-state index in [0.29, 0.717) is 11.1 Å².